The maximum absolute atomic E-state index is 6.31. The molecule has 4 rings (SSSR count). The lowest BCUT2D eigenvalue weighted by Crippen LogP contribution is -2.43. The van der Waals surface area contributed by atoms with Gasteiger partial charge in [-0.05, 0) is 49.3 Å². The van der Waals surface area contributed by atoms with Crippen LogP contribution in [-0.2, 0) is 12.5 Å². The molecule has 2 aliphatic carbocycles. The van der Waals surface area contributed by atoms with Crippen LogP contribution in [0.4, 0.5) is 0 Å². The number of rotatable bonds is 3. The second-order valence-electron chi connectivity index (χ2n) is 6.86. The van der Waals surface area contributed by atoms with E-state index in [0.717, 1.165) is 24.4 Å². The van der Waals surface area contributed by atoms with E-state index in [-0.39, 0.29) is 5.41 Å². The highest BCUT2D eigenvalue weighted by Gasteiger charge is 2.49. The number of halogens is 1. The average Bonchev–Trinajstić information content (AvgIpc) is 3.23. The Bertz CT molecular complexity index is 732. The molecule has 0 unspecified atom stereocenters. The van der Waals surface area contributed by atoms with E-state index in [0.29, 0.717) is 22.1 Å². The molecular formula is C16H19ClN4S. The topological polar surface area (TPSA) is 43.6 Å². The van der Waals surface area contributed by atoms with Crippen LogP contribution in [-0.4, -0.2) is 19.7 Å². The van der Waals surface area contributed by atoms with Gasteiger partial charge >= 0.3 is 0 Å². The summed E-state index contributed by atoms with van der Waals surface area (Å²) in [5, 5.41) is 9.79. The Hall–Kier alpha value is -1.07. The molecule has 0 N–H and O–H groups in total. The maximum Gasteiger partial charge on any atom is 0.187 e. The van der Waals surface area contributed by atoms with Gasteiger partial charge in [-0.3, -0.25) is 0 Å². The molecule has 0 bridgehead atoms. The summed E-state index contributed by atoms with van der Waals surface area (Å²) in [6.07, 6.45) is 4.58. The van der Waals surface area contributed by atoms with E-state index in [9.17, 15) is 0 Å². The molecule has 116 valence electrons. The van der Waals surface area contributed by atoms with Gasteiger partial charge in [0.05, 0.1) is 5.41 Å². The molecule has 2 aromatic rings. The number of nitrogens with zero attached hydrogens (tertiary/aromatic N) is 4. The number of thiol groups is 1. The SMILES string of the molecule is CC1CC(c2cc(Cl)nc(C3CC3)c2)(c2nnc(S)n2C)C1. The highest BCUT2D eigenvalue weighted by molar-refractivity contribution is 7.80. The summed E-state index contributed by atoms with van der Waals surface area (Å²) in [6.45, 7) is 2.28. The number of pyridine rings is 1. The number of aromatic nitrogens is 4. The molecule has 2 heterocycles. The number of hydrogen-bond acceptors (Lipinski definition) is 4. The lowest BCUT2D eigenvalue weighted by atomic mass is 9.58. The second-order valence-corrected chi connectivity index (χ2v) is 7.64. The fraction of sp³-hybridized carbons (Fsp3) is 0.562. The van der Waals surface area contributed by atoms with E-state index in [4.69, 9.17) is 11.6 Å². The molecule has 0 amide bonds. The highest BCUT2D eigenvalue weighted by Crippen LogP contribution is 2.53. The molecule has 2 saturated carbocycles. The molecular weight excluding hydrogens is 316 g/mol. The first-order chi connectivity index (χ1) is 10.5. The molecule has 0 aliphatic heterocycles. The van der Waals surface area contributed by atoms with Crippen LogP contribution in [0, 0.1) is 5.92 Å². The van der Waals surface area contributed by atoms with Crippen molar-refractivity contribution in [3.63, 3.8) is 0 Å². The predicted molar refractivity (Wildman–Crippen MR) is 88.7 cm³/mol. The maximum atomic E-state index is 6.31. The van der Waals surface area contributed by atoms with Crippen molar-refractivity contribution in [2.45, 2.75) is 49.1 Å². The van der Waals surface area contributed by atoms with Gasteiger partial charge in [-0.25, -0.2) is 4.98 Å². The molecule has 0 spiro atoms. The molecule has 4 nitrogen and oxygen atoms in total. The molecule has 0 radical (unpaired) electrons. The van der Waals surface area contributed by atoms with Crippen molar-refractivity contribution < 1.29 is 0 Å². The van der Waals surface area contributed by atoms with Crippen molar-refractivity contribution in [1.29, 1.82) is 0 Å². The van der Waals surface area contributed by atoms with Gasteiger partial charge in [-0.1, -0.05) is 18.5 Å². The first-order valence-corrected chi connectivity index (χ1v) is 8.59. The van der Waals surface area contributed by atoms with E-state index < -0.39 is 0 Å². The summed E-state index contributed by atoms with van der Waals surface area (Å²) in [6, 6.07) is 4.24. The molecule has 6 heteroatoms. The molecule has 2 aliphatic rings. The third kappa shape index (κ3) is 2.17. The Balaban J connectivity index is 1.84. The molecule has 2 aromatic heterocycles. The second kappa shape index (κ2) is 4.96. The van der Waals surface area contributed by atoms with Gasteiger partial charge in [0.1, 0.15) is 11.0 Å². The zero-order valence-corrected chi connectivity index (χ0v) is 14.4. The van der Waals surface area contributed by atoms with Crippen LogP contribution >= 0.6 is 24.2 Å². The van der Waals surface area contributed by atoms with E-state index >= 15 is 0 Å². The van der Waals surface area contributed by atoms with Crippen LogP contribution in [0.5, 0.6) is 0 Å². The van der Waals surface area contributed by atoms with Crippen LogP contribution in [0.3, 0.4) is 0 Å². The lowest BCUT2D eigenvalue weighted by molar-refractivity contribution is 0.184. The molecule has 0 saturated heterocycles. The van der Waals surface area contributed by atoms with Crippen LogP contribution < -0.4 is 0 Å². The van der Waals surface area contributed by atoms with E-state index in [1.807, 2.05) is 17.7 Å². The van der Waals surface area contributed by atoms with Crippen molar-refractivity contribution >= 4 is 24.2 Å². The van der Waals surface area contributed by atoms with E-state index in [1.54, 1.807) is 0 Å². The summed E-state index contributed by atoms with van der Waals surface area (Å²) >= 11 is 10.7. The van der Waals surface area contributed by atoms with Crippen LogP contribution in [0.15, 0.2) is 17.3 Å². The first kappa shape index (κ1) is 14.5. The standard InChI is InChI=1S/C16H19ClN4S/c1-9-7-16(8-9,14-19-20-15(22)21(14)2)11-5-12(10-3-4-10)18-13(17)6-11/h5-6,9-10H,3-4,7-8H2,1-2H3,(H,20,22). The van der Waals surface area contributed by atoms with E-state index in [2.05, 4.69) is 40.8 Å². The summed E-state index contributed by atoms with van der Waals surface area (Å²) in [4.78, 5) is 4.52. The van der Waals surface area contributed by atoms with Crippen LogP contribution in [0.25, 0.3) is 0 Å². The Kier molecular flexibility index (Phi) is 3.28. The largest absolute Gasteiger partial charge is 0.309 e. The average molecular weight is 335 g/mol. The van der Waals surface area contributed by atoms with Crippen LogP contribution in [0.2, 0.25) is 5.15 Å². The van der Waals surface area contributed by atoms with Gasteiger partial charge in [0, 0.05) is 18.7 Å². The van der Waals surface area contributed by atoms with Crippen molar-refractivity contribution in [2.24, 2.45) is 13.0 Å². The van der Waals surface area contributed by atoms with Gasteiger partial charge in [0.15, 0.2) is 5.16 Å². The minimum atomic E-state index is -0.0988. The van der Waals surface area contributed by atoms with Crippen molar-refractivity contribution in [3.8, 4) is 0 Å². The van der Waals surface area contributed by atoms with Gasteiger partial charge in [0.2, 0.25) is 0 Å². The number of hydrogen-bond donors (Lipinski definition) is 1. The summed E-state index contributed by atoms with van der Waals surface area (Å²) in [5.74, 6) is 2.25. The Labute approximate surface area is 140 Å². The predicted octanol–water partition coefficient (Wildman–Crippen LogP) is 3.75. The zero-order chi connectivity index (χ0) is 15.5. The Morgan fingerprint density at radius 3 is 2.55 bits per heavy atom. The third-order valence-electron chi connectivity index (χ3n) is 5.04. The third-order valence-corrected chi connectivity index (χ3v) is 5.62. The Morgan fingerprint density at radius 2 is 2.00 bits per heavy atom. The normalized spacial score (nSPS) is 27.7. The Morgan fingerprint density at radius 1 is 1.27 bits per heavy atom. The first-order valence-electron chi connectivity index (χ1n) is 7.76. The fourth-order valence-electron chi connectivity index (χ4n) is 3.80. The smallest absolute Gasteiger partial charge is 0.187 e. The van der Waals surface area contributed by atoms with Gasteiger partial charge < -0.3 is 4.57 Å². The minimum Gasteiger partial charge on any atom is -0.309 e. The van der Waals surface area contributed by atoms with Gasteiger partial charge in [0.25, 0.3) is 0 Å². The minimum absolute atomic E-state index is 0.0988. The molecule has 0 aromatic carbocycles. The highest BCUT2D eigenvalue weighted by atomic mass is 35.5. The molecule has 0 atom stereocenters. The van der Waals surface area contributed by atoms with Crippen LogP contribution in [0.1, 0.15) is 55.6 Å². The summed E-state index contributed by atoms with van der Waals surface area (Å²) in [5.41, 5.74) is 2.27. The fourth-order valence-corrected chi connectivity index (χ4v) is 4.15. The molecule has 22 heavy (non-hydrogen) atoms. The van der Waals surface area contributed by atoms with Crippen molar-refractivity contribution in [1.82, 2.24) is 19.7 Å². The van der Waals surface area contributed by atoms with Crippen molar-refractivity contribution in [2.75, 3.05) is 0 Å². The van der Waals surface area contributed by atoms with Gasteiger partial charge in [-0.15, -0.1) is 22.8 Å². The van der Waals surface area contributed by atoms with Gasteiger partial charge in [-0.2, -0.15) is 0 Å². The summed E-state index contributed by atoms with van der Waals surface area (Å²) < 4.78 is 1.99. The molecule has 2 fully saturated rings. The monoisotopic (exact) mass is 334 g/mol. The van der Waals surface area contributed by atoms with E-state index in [1.165, 1.54) is 18.4 Å². The summed E-state index contributed by atoms with van der Waals surface area (Å²) in [7, 11) is 1.98. The van der Waals surface area contributed by atoms with Crippen molar-refractivity contribution in [3.05, 3.63) is 34.4 Å². The lowest BCUT2D eigenvalue weighted by Gasteiger charge is -2.46. The zero-order valence-electron chi connectivity index (χ0n) is 12.8. The quantitative estimate of drug-likeness (QED) is 0.686.